The van der Waals surface area contributed by atoms with E-state index >= 15 is 0 Å². The van der Waals surface area contributed by atoms with E-state index in [9.17, 15) is 18.0 Å². The van der Waals surface area contributed by atoms with Crippen molar-refractivity contribution in [1.82, 2.24) is 24.5 Å². The Kier molecular flexibility index (Phi) is 5.41. The van der Waals surface area contributed by atoms with Gasteiger partial charge in [-0.1, -0.05) is 6.07 Å². The van der Waals surface area contributed by atoms with Crippen LogP contribution in [0.4, 0.5) is 19.0 Å². The van der Waals surface area contributed by atoms with Crippen molar-refractivity contribution in [3.05, 3.63) is 52.5 Å². The van der Waals surface area contributed by atoms with Gasteiger partial charge in [-0.15, -0.1) is 0 Å². The maximum atomic E-state index is 14.0. The van der Waals surface area contributed by atoms with Crippen LogP contribution < -0.4 is 14.8 Å². The molecule has 0 saturated heterocycles. The van der Waals surface area contributed by atoms with Gasteiger partial charge in [-0.25, -0.2) is 4.68 Å². The van der Waals surface area contributed by atoms with Crippen LogP contribution in [0.5, 0.6) is 11.5 Å². The lowest BCUT2D eigenvalue weighted by molar-refractivity contribution is -0.173. The number of ether oxygens (including phenoxy) is 2. The summed E-state index contributed by atoms with van der Waals surface area (Å²) in [6.07, 6.45) is -4.83. The number of amides is 1. The van der Waals surface area contributed by atoms with Crippen LogP contribution in [0.2, 0.25) is 0 Å². The van der Waals surface area contributed by atoms with E-state index in [0.29, 0.717) is 17.1 Å². The summed E-state index contributed by atoms with van der Waals surface area (Å²) in [6.45, 7) is 4.09. The van der Waals surface area contributed by atoms with Crippen LogP contribution in [0, 0.1) is 13.8 Å². The second kappa shape index (κ2) is 8.21. The number of carbonyl (C=O) groups is 1. The lowest BCUT2D eigenvalue weighted by atomic mass is 9.96. The number of anilines is 1. The van der Waals surface area contributed by atoms with Gasteiger partial charge in [-0.3, -0.25) is 9.48 Å². The third-order valence-electron chi connectivity index (χ3n) is 6.61. The fourth-order valence-electron chi connectivity index (χ4n) is 4.58. The number of halogens is 3. The summed E-state index contributed by atoms with van der Waals surface area (Å²) in [6, 6.07) is 3.91. The van der Waals surface area contributed by atoms with Crippen molar-refractivity contribution in [3.8, 4) is 11.5 Å². The molecule has 12 heteroatoms. The third kappa shape index (κ3) is 4.06. The number of hydrogen-bond acceptors (Lipinski definition) is 6. The third-order valence-corrected chi connectivity index (χ3v) is 6.61. The molecule has 186 valence electrons. The van der Waals surface area contributed by atoms with Crippen molar-refractivity contribution in [2.45, 2.75) is 45.1 Å². The van der Waals surface area contributed by atoms with E-state index in [4.69, 9.17) is 9.47 Å². The first kappa shape index (κ1) is 23.1. The molecule has 1 amide bonds. The highest BCUT2D eigenvalue weighted by Crippen LogP contribution is 2.45. The average Bonchev–Trinajstić information content (AvgIpc) is 3.50. The highest BCUT2D eigenvalue weighted by molar-refractivity contribution is 5.93. The molecule has 2 aliphatic rings. The number of carbonyl (C=O) groups excluding carboxylic acids is 1. The highest BCUT2D eigenvalue weighted by Gasteiger charge is 2.47. The summed E-state index contributed by atoms with van der Waals surface area (Å²) in [5.74, 6) is 0.700. The van der Waals surface area contributed by atoms with Crippen LogP contribution in [0.3, 0.4) is 0 Å². The van der Waals surface area contributed by atoms with Crippen molar-refractivity contribution in [2.75, 3.05) is 19.2 Å². The van der Waals surface area contributed by atoms with Crippen LogP contribution in [-0.2, 0) is 13.6 Å². The Bertz CT molecular complexity index is 1300. The van der Waals surface area contributed by atoms with Crippen LogP contribution in [0.25, 0.3) is 0 Å². The molecule has 0 fully saturated rings. The lowest BCUT2D eigenvalue weighted by Gasteiger charge is -2.33. The van der Waals surface area contributed by atoms with Gasteiger partial charge in [0, 0.05) is 44.4 Å². The number of benzene rings is 1. The number of nitrogens with zero attached hydrogens (tertiary/aromatic N) is 5. The van der Waals surface area contributed by atoms with Crippen molar-refractivity contribution >= 4 is 11.7 Å². The zero-order chi connectivity index (χ0) is 25.1. The van der Waals surface area contributed by atoms with Crippen LogP contribution in [0.1, 0.15) is 51.5 Å². The van der Waals surface area contributed by atoms with Crippen LogP contribution in [-0.4, -0.2) is 50.4 Å². The zero-order valence-corrected chi connectivity index (χ0v) is 19.7. The van der Waals surface area contributed by atoms with Gasteiger partial charge in [0.05, 0.1) is 11.7 Å². The minimum absolute atomic E-state index is 0.0604. The smallest absolute Gasteiger partial charge is 0.410 e. The average molecular weight is 490 g/mol. The van der Waals surface area contributed by atoms with Crippen LogP contribution >= 0.6 is 0 Å². The molecule has 0 bridgehead atoms. The molecule has 0 saturated carbocycles. The SMILES string of the molecule is Cc1nn(C)c(C)c1CN(C)C(=O)c1cc2n(n1)[C@@H](C(F)(F)F)C[C@H](c1ccc3c(c1)OCO3)N2. The Morgan fingerprint density at radius 2 is 1.94 bits per heavy atom. The van der Waals surface area contributed by atoms with Crippen molar-refractivity contribution in [1.29, 1.82) is 0 Å². The summed E-state index contributed by atoms with van der Waals surface area (Å²) < 4.78 is 55.4. The molecule has 2 atom stereocenters. The standard InChI is InChI=1S/C23H25F3N6O3/c1-12-15(13(2)31(4)28-12)10-30(3)22(33)17-9-21-27-16(8-20(23(24,25)26)32(21)29-17)14-5-6-18-19(7-14)35-11-34-18/h5-7,9,16,20,27H,8,10-11H2,1-4H3/t16-,20-/m1/s1. The molecule has 1 aromatic carbocycles. The van der Waals surface area contributed by atoms with E-state index in [1.54, 1.807) is 29.9 Å². The van der Waals surface area contributed by atoms with E-state index in [1.165, 1.54) is 11.0 Å². The number of aromatic nitrogens is 4. The Morgan fingerprint density at radius 1 is 1.20 bits per heavy atom. The molecule has 2 aliphatic heterocycles. The topological polar surface area (TPSA) is 86.4 Å². The molecule has 4 heterocycles. The minimum atomic E-state index is -4.55. The summed E-state index contributed by atoms with van der Waals surface area (Å²) in [4.78, 5) is 14.5. The van der Waals surface area contributed by atoms with Crippen molar-refractivity contribution < 1.29 is 27.4 Å². The Labute approximate surface area is 199 Å². The van der Waals surface area contributed by atoms with E-state index < -0.39 is 24.2 Å². The Hall–Kier alpha value is -3.70. The minimum Gasteiger partial charge on any atom is -0.454 e. The quantitative estimate of drug-likeness (QED) is 0.597. The predicted molar refractivity (Wildman–Crippen MR) is 119 cm³/mol. The number of hydrogen-bond donors (Lipinski definition) is 1. The van der Waals surface area contributed by atoms with Gasteiger partial charge >= 0.3 is 6.18 Å². The number of rotatable bonds is 4. The largest absolute Gasteiger partial charge is 0.454 e. The highest BCUT2D eigenvalue weighted by atomic mass is 19.4. The van der Waals surface area contributed by atoms with Crippen molar-refractivity contribution in [2.24, 2.45) is 7.05 Å². The number of aryl methyl sites for hydroxylation is 2. The summed E-state index contributed by atoms with van der Waals surface area (Å²) >= 11 is 0. The molecule has 0 unspecified atom stereocenters. The van der Waals surface area contributed by atoms with Gasteiger partial charge in [-0.2, -0.15) is 23.4 Å². The fraction of sp³-hybridized carbons (Fsp3) is 0.435. The zero-order valence-electron chi connectivity index (χ0n) is 19.7. The molecule has 0 aliphatic carbocycles. The van der Waals surface area contributed by atoms with Gasteiger partial charge in [0.25, 0.3) is 5.91 Å². The first-order valence-electron chi connectivity index (χ1n) is 11.1. The molecule has 0 spiro atoms. The second-order valence-corrected chi connectivity index (χ2v) is 8.90. The molecule has 3 aromatic rings. The molecule has 5 rings (SSSR count). The van der Waals surface area contributed by atoms with Gasteiger partial charge in [-0.05, 0) is 31.5 Å². The summed E-state index contributed by atoms with van der Waals surface area (Å²) in [5, 5.41) is 11.5. The number of nitrogens with one attached hydrogen (secondary N) is 1. The van der Waals surface area contributed by atoms with Gasteiger partial charge in [0.15, 0.2) is 23.2 Å². The molecular weight excluding hydrogens is 465 g/mol. The van der Waals surface area contributed by atoms with Gasteiger partial charge in [0.2, 0.25) is 6.79 Å². The van der Waals surface area contributed by atoms with Crippen molar-refractivity contribution in [3.63, 3.8) is 0 Å². The predicted octanol–water partition coefficient (Wildman–Crippen LogP) is 3.89. The number of fused-ring (bicyclic) bond motifs is 2. The monoisotopic (exact) mass is 490 g/mol. The molecule has 1 N–H and O–H groups in total. The maximum absolute atomic E-state index is 14.0. The Balaban J connectivity index is 1.43. The summed E-state index contributed by atoms with van der Waals surface area (Å²) in [7, 11) is 3.41. The van der Waals surface area contributed by atoms with E-state index in [1.807, 2.05) is 20.9 Å². The molecule has 9 nitrogen and oxygen atoms in total. The molecular formula is C23H25F3N6O3. The summed E-state index contributed by atoms with van der Waals surface area (Å²) in [5.41, 5.74) is 3.16. The molecule has 35 heavy (non-hydrogen) atoms. The fourth-order valence-corrected chi connectivity index (χ4v) is 4.58. The number of alkyl halides is 3. The maximum Gasteiger partial charge on any atom is 0.410 e. The Morgan fingerprint density at radius 3 is 2.63 bits per heavy atom. The first-order valence-corrected chi connectivity index (χ1v) is 11.1. The van der Waals surface area contributed by atoms with Crippen LogP contribution in [0.15, 0.2) is 24.3 Å². The second-order valence-electron chi connectivity index (χ2n) is 8.90. The molecule has 0 radical (unpaired) electrons. The van der Waals surface area contributed by atoms with Gasteiger partial charge < -0.3 is 19.7 Å². The normalized spacial score (nSPS) is 18.8. The first-order chi connectivity index (χ1) is 16.5. The van der Waals surface area contributed by atoms with E-state index in [2.05, 4.69) is 15.5 Å². The molecule has 2 aromatic heterocycles. The van der Waals surface area contributed by atoms with Gasteiger partial charge in [0.1, 0.15) is 5.82 Å². The lowest BCUT2D eigenvalue weighted by Crippen LogP contribution is -2.35. The van der Waals surface area contributed by atoms with E-state index in [0.717, 1.165) is 21.6 Å². The van der Waals surface area contributed by atoms with E-state index in [-0.39, 0.29) is 31.3 Å².